The Bertz CT molecular complexity index is 737. The van der Waals surface area contributed by atoms with Crippen LogP contribution in [0.15, 0.2) is 6.20 Å². The van der Waals surface area contributed by atoms with Crippen LogP contribution in [0, 0.1) is 17.8 Å². The molecule has 2 aromatic rings. The molecule has 1 aliphatic heterocycles. The third-order valence-electron chi connectivity index (χ3n) is 5.22. The van der Waals surface area contributed by atoms with Gasteiger partial charge in [0, 0.05) is 0 Å². The summed E-state index contributed by atoms with van der Waals surface area (Å²) in [6.45, 7) is 6.03. The number of aliphatic hydroxyl groups is 1. The van der Waals surface area contributed by atoms with Crippen LogP contribution in [0.4, 0.5) is 5.82 Å². The van der Waals surface area contributed by atoms with E-state index in [1.165, 1.54) is 0 Å². The first-order valence-corrected chi connectivity index (χ1v) is 8.66. The van der Waals surface area contributed by atoms with E-state index in [2.05, 4.69) is 27.3 Å². The number of nitrogens with two attached hydrogens (primary N) is 1. The number of nitrogens with zero attached hydrogens (tertiary/aromatic N) is 4. The minimum Gasteiger partial charge on any atom is -0.459 e. The Labute approximate surface area is 140 Å². The molecule has 1 saturated heterocycles. The monoisotopic (exact) mass is 332 g/mol. The minimum absolute atomic E-state index is 0.0117. The first-order valence-electron chi connectivity index (χ1n) is 8.66. The predicted molar refractivity (Wildman–Crippen MR) is 88.5 cm³/mol. The number of nitrogens with one attached hydrogen (secondary N) is 1. The zero-order valence-electron chi connectivity index (χ0n) is 14.0. The van der Waals surface area contributed by atoms with E-state index in [4.69, 9.17) is 10.5 Å². The summed E-state index contributed by atoms with van der Waals surface area (Å²) >= 11 is 0. The largest absolute Gasteiger partial charge is 0.459 e. The Hall–Kier alpha value is -1.93. The average molecular weight is 332 g/mol. The summed E-state index contributed by atoms with van der Waals surface area (Å²) in [5, 5.41) is 18.5. The molecule has 1 aliphatic carbocycles. The van der Waals surface area contributed by atoms with Gasteiger partial charge in [-0.2, -0.15) is 4.98 Å². The summed E-state index contributed by atoms with van der Waals surface area (Å²) in [4.78, 5) is 8.47. The maximum Gasteiger partial charge on any atom is 0.336 e. The van der Waals surface area contributed by atoms with Crippen LogP contribution < -0.4 is 15.8 Å². The number of ether oxygens (including phenoxy) is 1. The van der Waals surface area contributed by atoms with Crippen molar-refractivity contribution >= 4 is 11.5 Å². The van der Waals surface area contributed by atoms with Crippen LogP contribution in [0.25, 0.3) is 5.65 Å². The van der Waals surface area contributed by atoms with Crippen LogP contribution in [-0.4, -0.2) is 43.9 Å². The van der Waals surface area contributed by atoms with E-state index >= 15 is 0 Å². The second-order valence-corrected chi connectivity index (χ2v) is 6.92. The van der Waals surface area contributed by atoms with Crippen molar-refractivity contribution < 1.29 is 9.84 Å². The van der Waals surface area contributed by atoms with Crippen molar-refractivity contribution in [2.75, 3.05) is 18.8 Å². The SMILES string of the molecule is CCC[C@H](C)Oc1nc(N)c2ncc(C(O)[C@H]3[C@@H]4CNC[C@@H]43)n2n1. The molecule has 1 unspecified atom stereocenters. The summed E-state index contributed by atoms with van der Waals surface area (Å²) < 4.78 is 7.34. The Balaban J connectivity index is 1.63. The van der Waals surface area contributed by atoms with Crippen molar-refractivity contribution in [2.24, 2.45) is 17.8 Å². The van der Waals surface area contributed by atoms with Crippen molar-refractivity contribution in [2.45, 2.75) is 38.9 Å². The number of aromatic nitrogens is 4. The van der Waals surface area contributed by atoms with Gasteiger partial charge in [-0.05, 0) is 44.2 Å². The molecule has 0 amide bonds. The molecule has 24 heavy (non-hydrogen) atoms. The normalized spacial score (nSPS) is 27.9. The van der Waals surface area contributed by atoms with Gasteiger partial charge in [-0.15, -0.1) is 5.10 Å². The van der Waals surface area contributed by atoms with Crippen LogP contribution in [0.5, 0.6) is 6.01 Å². The smallest absolute Gasteiger partial charge is 0.336 e. The van der Waals surface area contributed by atoms with Crippen LogP contribution in [-0.2, 0) is 0 Å². The molecule has 4 rings (SSSR count). The lowest BCUT2D eigenvalue weighted by atomic mass is 10.1. The Morgan fingerprint density at radius 2 is 2.21 bits per heavy atom. The number of piperidine rings is 1. The first-order chi connectivity index (χ1) is 11.6. The number of fused-ring (bicyclic) bond motifs is 2. The summed E-state index contributed by atoms with van der Waals surface area (Å²) in [6.07, 6.45) is 3.00. The first kappa shape index (κ1) is 15.6. The van der Waals surface area contributed by atoms with Crippen LogP contribution in [0.2, 0.25) is 0 Å². The van der Waals surface area contributed by atoms with Gasteiger partial charge >= 0.3 is 6.01 Å². The van der Waals surface area contributed by atoms with Crippen molar-refractivity contribution in [1.29, 1.82) is 0 Å². The van der Waals surface area contributed by atoms with Gasteiger partial charge in [-0.3, -0.25) is 0 Å². The Morgan fingerprint density at radius 1 is 1.46 bits per heavy atom. The number of nitrogen functional groups attached to an aromatic ring is 1. The molecule has 0 bridgehead atoms. The highest BCUT2D eigenvalue weighted by molar-refractivity contribution is 5.59. The van der Waals surface area contributed by atoms with E-state index in [-0.39, 0.29) is 23.9 Å². The molecular weight excluding hydrogens is 308 g/mol. The number of aliphatic hydroxyl groups excluding tert-OH is 1. The lowest BCUT2D eigenvalue weighted by Gasteiger charge is -2.14. The van der Waals surface area contributed by atoms with E-state index in [1.807, 2.05) is 6.92 Å². The van der Waals surface area contributed by atoms with Crippen LogP contribution >= 0.6 is 0 Å². The maximum absolute atomic E-state index is 10.8. The fraction of sp³-hybridized carbons (Fsp3) is 0.688. The topological polar surface area (TPSA) is 111 Å². The molecule has 130 valence electrons. The van der Waals surface area contributed by atoms with E-state index in [0.717, 1.165) is 25.9 Å². The second kappa shape index (κ2) is 5.86. The molecule has 3 heterocycles. The van der Waals surface area contributed by atoms with E-state index in [9.17, 15) is 5.11 Å². The summed E-state index contributed by atoms with van der Waals surface area (Å²) in [6, 6.07) is 0.227. The Morgan fingerprint density at radius 3 is 2.92 bits per heavy atom. The van der Waals surface area contributed by atoms with Gasteiger partial charge in [0.05, 0.1) is 18.0 Å². The number of hydrogen-bond acceptors (Lipinski definition) is 7. The highest BCUT2D eigenvalue weighted by Gasteiger charge is 2.56. The van der Waals surface area contributed by atoms with Gasteiger partial charge in [0.25, 0.3) is 0 Å². The minimum atomic E-state index is -0.590. The molecular formula is C16H24N6O2. The van der Waals surface area contributed by atoms with Crippen LogP contribution in [0.3, 0.4) is 0 Å². The molecule has 5 atom stereocenters. The van der Waals surface area contributed by atoms with Crippen molar-refractivity contribution in [3.8, 4) is 6.01 Å². The fourth-order valence-electron chi connectivity index (χ4n) is 3.93. The standard InChI is InChI=1S/C16H24N6O2/c1-3-4-8(2)24-16-20-14(17)15-19-7-11(22(15)21-16)13(23)12-9-5-18-6-10(9)12/h7-10,12-13,18,23H,3-6H2,1-2H3,(H2,17,20,21)/t8-,9-,10+,12+,13?/m0/s1. The molecule has 8 nitrogen and oxygen atoms in total. The fourth-order valence-corrected chi connectivity index (χ4v) is 3.93. The molecule has 1 saturated carbocycles. The maximum atomic E-state index is 10.8. The number of anilines is 1. The summed E-state index contributed by atoms with van der Waals surface area (Å²) in [5.41, 5.74) is 7.12. The molecule has 0 aromatic carbocycles. The second-order valence-electron chi connectivity index (χ2n) is 6.92. The zero-order chi connectivity index (χ0) is 16.8. The van der Waals surface area contributed by atoms with Gasteiger partial charge in [0.1, 0.15) is 6.10 Å². The predicted octanol–water partition coefficient (Wildman–Crippen LogP) is 0.773. The van der Waals surface area contributed by atoms with Gasteiger partial charge < -0.3 is 20.9 Å². The van der Waals surface area contributed by atoms with E-state index in [0.29, 0.717) is 23.2 Å². The highest BCUT2D eigenvalue weighted by Crippen LogP contribution is 2.55. The number of rotatable bonds is 6. The van der Waals surface area contributed by atoms with Crippen molar-refractivity contribution in [1.82, 2.24) is 24.9 Å². The average Bonchev–Trinajstić information content (AvgIpc) is 2.89. The number of hydrogen-bond donors (Lipinski definition) is 3. The van der Waals surface area contributed by atoms with Crippen LogP contribution in [0.1, 0.15) is 38.5 Å². The molecule has 2 aliphatic rings. The van der Waals surface area contributed by atoms with Gasteiger partial charge in [0.15, 0.2) is 11.5 Å². The molecule has 2 fully saturated rings. The van der Waals surface area contributed by atoms with Crippen molar-refractivity contribution in [3.63, 3.8) is 0 Å². The third-order valence-corrected chi connectivity index (χ3v) is 5.22. The van der Waals surface area contributed by atoms with Gasteiger partial charge in [0.2, 0.25) is 0 Å². The highest BCUT2D eigenvalue weighted by atomic mass is 16.5. The molecule has 2 aromatic heterocycles. The lowest BCUT2D eigenvalue weighted by Crippen LogP contribution is -2.19. The van der Waals surface area contributed by atoms with Gasteiger partial charge in [-0.1, -0.05) is 13.3 Å². The Kier molecular flexibility index (Phi) is 3.80. The molecule has 0 spiro atoms. The molecule has 8 heteroatoms. The third kappa shape index (κ3) is 2.50. The molecule has 4 N–H and O–H groups in total. The van der Waals surface area contributed by atoms with E-state index < -0.39 is 6.10 Å². The van der Waals surface area contributed by atoms with Crippen molar-refractivity contribution in [3.05, 3.63) is 11.9 Å². The lowest BCUT2D eigenvalue weighted by molar-refractivity contribution is 0.131. The number of imidazole rings is 1. The summed E-state index contributed by atoms with van der Waals surface area (Å²) in [7, 11) is 0. The molecule has 0 radical (unpaired) electrons. The summed E-state index contributed by atoms with van der Waals surface area (Å²) in [5.74, 6) is 1.63. The quantitative estimate of drug-likeness (QED) is 0.716. The van der Waals surface area contributed by atoms with Gasteiger partial charge in [-0.25, -0.2) is 9.50 Å². The van der Waals surface area contributed by atoms with E-state index in [1.54, 1.807) is 10.7 Å². The zero-order valence-corrected chi connectivity index (χ0v) is 14.0.